The number of benzene rings is 10. The van der Waals surface area contributed by atoms with E-state index in [9.17, 15) is 0 Å². The van der Waals surface area contributed by atoms with Crippen molar-refractivity contribution in [3.63, 3.8) is 0 Å². The second kappa shape index (κ2) is 14.7. The highest BCUT2D eigenvalue weighted by atomic mass is 16.3. The van der Waals surface area contributed by atoms with Crippen LogP contribution < -0.4 is 4.90 Å². The van der Waals surface area contributed by atoms with Crippen LogP contribution in [0.4, 0.5) is 17.1 Å². The zero-order valence-electron chi connectivity index (χ0n) is 33.6. The van der Waals surface area contributed by atoms with Crippen molar-refractivity contribution in [2.75, 3.05) is 4.90 Å². The Morgan fingerprint density at radius 2 is 0.919 bits per heavy atom. The molecular weight excluding hydrogens is 755 g/mol. The van der Waals surface area contributed by atoms with E-state index in [0.717, 1.165) is 105 Å². The number of fused-ring (bicyclic) bond motifs is 8. The van der Waals surface area contributed by atoms with Crippen LogP contribution in [0.15, 0.2) is 229 Å². The lowest BCUT2D eigenvalue weighted by molar-refractivity contribution is 0.669. The van der Waals surface area contributed by atoms with E-state index in [1.54, 1.807) is 0 Å². The average Bonchev–Trinajstić information content (AvgIpc) is 3.73. The van der Waals surface area contributed by atoms with Crippen LogP contribution in [0.1, 0.15) is 0 Å². The second-order valence-electron chi connectivity index (χ2n) is 15.7. The number of aromatic nitrogens is 2. The minimum Gasteiger partial charge on any atom is -0.456 e. The number of para-hydroxylation sites is 1. The molecule has 0 aliphatic heterocycles. The molecule has 12 rings (SSSR count). The largest absolute Gasteiger partial charge is 0.456 e. The predicted octanol–water partition coefficient (Wildman–Crippen LogP) is 16.0. The maximum absolute atomic E-state index is 6.57. The van der Waals surface area contributed by atoms with Gasteiger partial charge >= 0.3 is 0 Å². The van der Waals surface area contributed by atoms with Crippen LogP contribution in [-0.4, -0.2) is 9.97 Å². The SMILES string of the molecule is c1ccc(-c2nc3ccc4ccc5ccc(-c6ccc(N(c7ccccc7)c7ccc8c(c7)oc7cccc(-c9ccccc9)c78)cc6)cc5c4c3nc2-c2ccccc2)cc1. The van der Waals surface area contributed by atoms with Crippen molar-refractivity contribution in [1.29, 1.82) is 0 Å². The molecule has 2 aromatic heterocycles. The molecular formula is C58H37N3O. The first-order valence-electron chi connectivity index (χ1n) is 21.0. The highest BCUT2D eigenvalue weighted by Gasteiger charge is 2.19. The first-order valence-corrected chi connectivity index (χ1v) is 21.0. The lowest BCUT2D eigenvalue weighted by Crippen LogP contribution is -2.09. The minimum atomic E-state index is 0.853. The van der Waals surface area contributed by atoms with Crippen LogP contribution in [0.25, 0.3) is 99.3 Å². The van der Waals surface area contributed by atoms with E-state index in [4.69, 9.17) is 14.4 Å². The van der Waals surface area contributed by atoms with Gasteiger partial charge in [-0.15, -0.1) is 0 Å². The van der Waals surface area contributed by atoms with Crippen LogP contribution >= 0.6 is 0 Å². The van der Waals surface area contributed by atoms with E-state index >= 15 is 0 Å². The Morgan fingerprint density at radius 1 is 0.339 bits per heavy atom. The van der Waals surface area contributed by atoms with Crippen LogP contribution in [0.2, 0.25) is 0 Å². The van der Waals surface area contributed by atoms with Gasteiger partial charge in [0.25, 0.3) is 0 Å². The topological polar surface area (TPSA) is 42.2 Å². The fourth-order valence-corrected chi connectivity index (χ4v) is 9.07. The van der Waals surface area contributed by atoms with Gasteiger partial charge in [-0.3, -0.25) is 0 Å². The molecule has 4 nitrogen and oxygen atoms in total. The van der Waals surface area contributed by atoms with Crippen molar-refractivity contribution in [2.24, 2.45) is 0 Å². The number of nitrogens with zero attached hydrogens (tertiary/aromatic N) is 3. The van der Waals surface area contributed by atoms with Crippen molar-refractivity contribution < 1.29 is 4.42 Å². The second-order valence-corrected chi connectivity index (χ2v) is 15.7. The van der Waals surface area contributed by atoms with Crippen molar-refractivity contribution in [3.8, 4) is 44.8 Å². The normalized spacial score (nSPS) is 11.5. The van der Waals surface area contributed by atoms with Crippen molar-refractivity contribution >= 4 is 71.6 Å². The number of hydrogen-bond acceptors (Lipinski definition) is 4. The maximum atomic E-state index is 6.57. The standard InChI is InChI=1S/C58H37N3O/c1-5-14-39(15-6-1)48-22-13-23-52-55(48)49-34-33-47(37-53(49)62-52)61(45-20-11-4-12-21-45)46-31-28-38(29-32-46)44-27-25-40-24-26-41-30-35-51-58(54(41)50(40)36-44)60-57(43-18-9-3-10-19-43)56(59-51)42-16-7-2-8-17-42/h1-37H. The van der Waals surface area contributed by atoms with Gasteiger partial charge < -0.3 is 9.32 Å². The van der Waals surface area contributed by atoms with E-state index < -0.39 is 0 Å². The Bertz CT molecular complexity index is 3600. The third-order valence-corrected chi connectivity index (χ3v) is 12.0. The number of furan rings is 1. The fourth-order valence-electron chi connectivity index (χ4n) is 9.07. The third kappa shape index (κ3) is 6.08. The minimum absolute atomic E-state index is 0.853. The molecule has 0 N–H and O–H groups in total. The summed E-state index contributed by atoms with van der Waals surface area (Å²) in [5.41, 5.74) is 15.1. The summed E-state index contributed by atoms with van der Waals surface area (Å²) in [7, 11) is 0. The Labute approximate surface area is 358 Å². The molecule has 0 fully saturated rings. The molecule has 4 heteroatoms. The van der Waals surface area contributed by atoms with Crippen molar-refractivity contribution in [2.45, 2.75) is 0 Å². The summed E-state index contributed by atoms with van der Waals surface area (Å²) in [5, 5.41) is 6.78. The molecule has 0 aliphatic rings. The number of hydrogen-bond donors (Lipinski definition) is 0. The summed E-state index contributed by atoms with van der Waals surface area (Å²) in [4.78, 5) is 13.1. The molecule has 62 heavy (non-hydrogen) atoms. The van der Waals surface area contributed by atoms with Crippen LogP contribution in [0.5, 0.6) is 0 Å². The van der Waals surface area contributed by atoms with Gasteiger partial charge in [-0.1, -0.05) is 164 Å². The van der Waals surface area contributed by atoms with Gasteiger partial charge in [0.1, 0.15) is 11.2 Å². The number of rotatable bonds is 7. The highest BCUT2D eigenvalue weighted by molar-refractivity contribution is 6.19. The van der Waals surface area contributed by atoms with E-state index in [1.807, 2.05) is 12.1 Å². The predicted molar refractivity (Wildman–Crippen MR) is 258 cm³/mol. The van der Waals surface area contributed by atoms with Crippen LogP contribution in [0, 0.1) is 0 Å². The van der Waals surface area contributed by atoms with Gasteiger partial charge in [-0.25, -0.2) is 9.97 Å². The zero-order chi connectivity index (χ0) is 41.0. The zero-order valence-corrected chi connectivity index (χ0v) is 33.6. The van der Waals surface area contributed by atoms with Crippen molar-refractivity contribution in [1.82, 2.24) is 9.97 Å². The third-order valence-electron chi connectivity index (χ3n) is 12.0. The molecule has 12 aromatic rings. The van der Waals surface area contributed by atoms with Gasteiger partial charge in [0, 0.05) is 50.4 Å². The van der Waals surface area contributed by atoms with Crippen molar-refractivity contribution in [3.05, 3.63) is 224 Å². The Balaban J connectivity index is 0.965. The van der Waals surface area contributed by atoms with Gasteiger partial charge in [-0.2, -0.15) is 0 Å². The molecule has 0 aliphatic carbocycles. The Morgan fingerprint density at radius 3 is 1.65 bits per heavy atom. The molecule has 0 radical (unpaired) electrons. The molecule has 290 valence electrons. The summed E-state index contributed by atoms with van der Waals surface area (Å²) >= 11 is 0. The van der Waals surface area contributed by atoms with E-state index in [-0.39, 0.29) is 0 Å². The fraction of sp³-hybridized carbons (Fsp3) is 0. The summed E-state index contributed by atoms with van der Waals surface area (Å²) in [6, 6.07) is 79.0. The van der Waals surface area contributed by atoms with E-state index in [1.165, 1.54) is 11.1 Å². The maximum Gasteiger partial charge on any atom is 0.137 e. The van der Waals surface area contributed by atoms with E-state index in [0.29, 0.717) is 0 Å². The first-order chi connectivity index (χ1) is 30.7. The lowest BCUT2D eigenvalue weighted by Gasteiger charge is -2.25. The molecule has 0 unspecified atom stereocenters. The molecule has 0 spiro atoms. The monoisotopic (exact) mass is 791 g/mol. The van der Waals surface area contributed by atoms with Gasteiger partial charge in [0.15, 0.2) is 0 Å². The van der Waals surface area contributed by atoms with Gasteiger partial charge in [0.05, 0.1) is 22.4 Å². The van der Waals surface area contributed by atoms with E-state index in [2.05, 4.69) is 217 Å². The Kier molecular flexibility index (Phi) is 8.46. The quantitative estimate of drug-likeness (QED) is 0.151. The summed E-state index contributed by atoms with van der Waals surface area (Å²) in [6.45, 7) is 0. The molecule has 0 atom stereocenters. The number of anilines is 3. The summed E-state index contributed by atoms with van der Waals surface area (Å²) < 4.78 is 6.57. The van der Waals surface area contributed by atoms with Gasteiger partial charge in [-0.05, 0) is 93.0 Å². The van der Waals surface area contributed by atoms with Crippen LogP contribution in [0.3, 0.4) is 0 Å². The highest BCUT2D eigenvalue weighted by Crippen LogP contribution is 2.42. The average molecular weight is 792 g/mol. The molecule has 0 saturated carbocycles. The first kappa shape index (κ1) is 35.6. The Hall–Kier alpha value is -8.34. The van der Waals surface area contributed by atoms with Crippen LogP contribution in [-0.2, 0) is 0 Å². The molecule has 10 aromatic carbocycles. The molecule has 0 bridgehead atoms. The smallest absolute Gasteiger partial charge is 0.137 e. The molecule has 0 saturated heterocycles. The summed E-state index contributed by atoms with van der Waals surface area (Å²) in [6.07, 6.45) is 0. The lowest BCUT2D eigenvalue weighted by atomic mass is 9.95. The van der Waals surface area contributed by atoms with Gasteiger partial charge in [0.2, 0.25) is 0 Å². The molecule has 0 amide bonds. The molecule has 2 heterocycles. The summed E-state index contributed by atoms with van der Waals surface area (Å²) in [5.74, 6) is 0.